The zero-order valence-electron chi connectivity index (χ0n) is 17.3. The Kier molecular flexibility index (Phi) is 6.31. The Morgan fingerprint density at radius 2 is 1.76 bits per heavy atom. The predicted octanol–water partition coefficient (Wildman–Crippen LogP) is 2.53. The molecule has 156 valence electrons. The van der Waals surface area contributed by atoms with Crippen molar-refractivity contribution in [3.05, 3.63) is 30.8 Å². The van der Waals surface area contributed by atoms with E-state index in [1.807, 2.05) is 0 Å². The molecule has 2 rings (SSSR count). The first-order valence-electron chi connectivity index (χ1n) is 8.87. The third kappa shape index (κ3) is 5.81. The van der Waals surface area contributed by atoms with Gasteiger partial charge in [-0.25, -0.2) is 9.78 Å². The molecule has 9 nitrogen and oxygen atoms in total. The van der Waals surface area contributed by atoms with E-state index in [1.165, 1.54) is 33.5 Å². The average molecular weight is 403 g/mol. The second-order valence-corrected chi connectivity index (χ2v) is 7.82. The van der Waals surface area contributed by atoms with E-state index in [0.717, 1.165) is 0 Å². The number of carbonyl (C=O) groups excluding carboxylic acids is 3. The Morgan fingerprint density at radius 3 is 2.31 bits per heavy atom. The number of rotatable bonds is 5. The van der Waals surface area contributed by atoms with Crippen molar-refractivity contribution >= 4 is 23.5 Å². The Bertz CT molecular complexity index is 897. The fourth-order valence-electron chi connectivity index (χ4n) is 2.31. The highest BCUT2D eigenvalue weighted by atomic mass is 16.6. The number of carbonyl (C=O) groups is 3. The molecule has 2 N–H and O–H groups in total. The first kappa shape index (κ1) is 21.9. The average Bonchev–Trinajstić information content (AvgIpc) is 3.14. The summed E-state index contributed by atoms with van der Waals surface area (Å²) in [5.41, 5.74) is -1.13. The van der Waals surface area contributed by atoms with Crippen molar-refractivity contribution in [2.45, 2.75) is 45.8 Å². The van der Waals surface area contributed by atoms with Crippen LogP contribution in [0.1, 0.15) is 34.6 Å². The molecule has 1 aromatic heterocycles. The Morgan fingerprint density at radius 1 is 1.07 bits per heavy atom. The van der Waals surface area contributed by atoms with Gasteiger partial charge in [0.15, 0.2) is 12.2 Å². The molecule has 2 aromatic rings. The highest BCUT2D eigenvalue weighted by Crippen LogP contribution is 2.32. The fourth-order valence-corrected chi connectivity index (χ4v) is 2.31. The molecule has 0 aliphatic carbocycles. The predicted molar refractivity (Wildman–Crippen MR) is 105 cm³/mol. The number of anilines is 1. The lowest BCUT2D eigenvalue weighted by atomic mass is 10.1. The topological polar surface area (TPSA) is 120 Å². The van der Waals surface area contributed by atoms with Crippen LogP contribution in [0.25, 0.3) is 11.3 Å². The van der Waals surface area contributed by atoms with Crippen LogP contribution in [0, 0.1) is 0 Å². The largest absolute Gasteiger partial charge is 0.496 e. The third-order valence-electron chi connectivity index (χ3n) is 3.70. The van der Waals surface area contributed by atoms with Crippen LogP contribution in [0.3, 0.4) is 0 Å². The number of methoxy groups -OCH3 is 1. The second kappa shape index (κ2) is 8.34. The van der Waals surface area contributed by atoms with Gasteiger partial charge in [0.05, 0.1) is 18.9 Å². The van der Waals surface area contributed by atoms with Crippen LogP contribution in [0.4, 0.5) is 5.69 Å². The van der Waals surface area contributed by atoms with Crippen molar-refractivity contribution in [2.75, 3.05) is 12.4 Å². The van der Waals surface area contributed by atoms with Gasteiger partial charge in [-0.15, -0.1) is 0 Å². The Balaban J connectivity index is 2.07. The van der Waals surface area contributed by atoms with E-state index in [2.05, 4.69) is 15.6 Å². The summed E-state index contributed by atoms with van der Waals surface area (Å²) in [6.07, 6.45) is 2.82. The number of amides is 2. The third-order valence-corrected chi connectivity index (χ3v) is 3.70. The zero-order chi connectivity index (χ0) is 21.8. The molecule has 0 saturated carbocycles. The van der Waals surface area contributed by atoms with E-state index < -0.39 is 28.9 Å². The highest BCUT2D eigenvalue weighted by Gasteiger charge is 2.35. The van der Waals surface area contributed by atoms with E-state index in [9.17, 15) is 14.4 Å². The van der Waals surface area contributed by atoms with Crippen LogP contribution in [0.15, 0.2) is 35.2 Å². The summed E-state index contributed by atoms with van der Waals surface area (Å²) >= 11 is 0. The van der Waals surface area contributed by atoms with Crippen molar-refractivity contribution in [1.29, 1.82) is 0 Å². The van der Waals surface area contributed by atoms with E-state index in [-0.39, 0.29) is 0 Å². The molecule has 0 fully saturated rings. The van der Waals surface area contributed by atoms with Gasteiger partial charge in [0.2, 0.25) is 0 Å². The maximum absolute atomic E-state index is 12.3. The van der Waals surface area contributed by atoms with Gasteiger partial charge < -0.3 is 24.5 Å². The van der Waals surface area contributed by atoms with Gasteiger partial charge >= 0.3 is 17.8 Å². The number of aromatic nitrogens is 1. The van der Waals surface area contributed by atoms with E-state index in [4.69, 9.17) is 13.9 Å². The van der Waals surface area contributed by atoms with Crippen LogP contribution in [-0.4, -0.2) is 41.0 Å². The number of ether oxygens (including phenoxy) is 2. The maximum Gasteiger partial charge on any atom is 0.331 e. The summed E-state index contributed by atoms with van der Waals surface area (Å²) in [5.74, 6) is -1.63. The molecule has 2 amide bonds. The number of nitrogens with zero attached hydrogens (tertiary/aromatic N) is 1. The maximum atomic E-state index is 12.3. The molecule has 29 heavy (non-hydrogen) atoms. The first-order valence-corrected chi connectivity index (χ1v) is 8.87. The number of esters is 1. The monoisotopic (exact) mass is 403 g/mol. The zero-order valence-corrected chi connectivity index (χ0v) is 17.3. The van der Waals surface area contributed by atoms with Crippen molar-refractivity contribution < 1.29 is 28.3 Å². The minimum absolute atomic E-state index is 0.334. The summed E-state index contributed by atoms with van der Waals surface area (Å²) < 4.78 is 15.8. The molecule has 0 aliphatic rings. The molecular weight excluding hydrogens is 378 g/mol. The summed E-state index contributed by atoms with van der Waals surface area (Å²) in [4.78, 5) is 40.6. The number of hydrogen-bond acceptors (Lipinski definition) is 7. The molecule has 1 aromatic carbocycles. The van der Waals surface area contributed by atoms with Crippen molar-refractivity contribution in [3.8, 4) is 17.1 Å². The summed E-state index contributed by atoms with van der Waals surface area (Å²) in [6, 6.07) is 4.80. The molecular formula is C20H25N3O6. The van der Waals surface area contributed by atoms with Crippen LogP contribution < -0.4 is 15.4 Å². The summed E-state index contributed by atoms with van der Waals surface area (Å²) in [6.45, 7) is 8.06. The van der Waals surface area contributed by atoms with Crippen LogP contribution in [-0.2, 0) is 19.1 Å². The fraction of sp³-hybridized carbons (Fsp3) is 0.400. The lowest BCUT2D eigenvalue weighted by molar-refractivity contribution is -0.163. The Labute approximate surface area is 168 Å². The quantitative estimate of drug-likeness (QED) is 0.581. The van der Waals surface area contributed by atoms with Gasteiger partial charge in [0.25, 0.3) is 0 Å². The number of oxazole rings is 1. The standard InChI is InChI=1S/C20H25N3O6/c1-19(2,3)29-18(26)20(4,5)23-17(25)16(24)22-12-7-8-13(14(9-12)27-6)15-10-21-11-28-15/h7-11H,1-6H3,(H,22,24)(H,23,25). The molecule has 0 unspecified atom stereocenters. The summed E-state index contributed by atoms with van der Waals surface area (Å²) in [5, 5.41) is 4.85. The molecule has 0 bridgehead atoms. The molecule has 1 heterocycles. The first-order chi connectivity index (χ1) is 13.4. The van der Waals surface area contributed by atoms with E-state index in [1.54, 1.807) is 39.0 Å². The molecule has 0 radical (unpaired) electrons. The van der Waals surface area contributed by atoms with Crippen molar-refractivity contribution in [2.24, 2.45) is 0 Å². The lowest BCUT2D eigenvalue weighted by Gasteiger charge is -2.28. The van der Waals surface area contributed by atoms with Crippen LogP contribution in [0.5, 0.6) is 5.75 Å². The minimum Gasteiger partial charge on any atom is -0.496 e. The summed E-state index contributed by atoms with van der Waals surface area (Å²) in [7, 11) is 1.47. The van der Waals surface area contributed by atoms with E-state index in [0.29, 0.717) is 22.8 Å². The van der Waals surface area contributed by atoms with Gasteiger partial charge in [0, 0.05) is 11.8 Å². The lowest BCUT2D eigenvalue weighted by Crippen LogP contribution is -2.54. The van der Waals surface area contributed by atoms with Gasteiger partial charge in [0.1, 0.15) is 16.9 Å². The van der Waals surface area contributed by atoms with Gasteiger partial charge in [-0.2, -0.15) is 0 Å². The number of nitrogens with one attached hydrogen (secondary N) is 2. The SMILES string of the molecule is COc1cc(NC(=O)C(=O)NC(C)(C)C(=O)OC(C)(C)C)ccc1-c1cnco1. The minimum atomic E-state index is -1.38. The normalized spacial score (nSPS) is 11.5. The Hall–Kier alpha value is -3.36. The van der Waals surface area contributed by atoms with Gasteiger partial charge in [-0.3, -0.25) is 9.59 Å². The molecule has 0 aliphatic heterocycles. The number of benzene rings is 1. The van der Waals surface area contributed by atoms with Crippen molar-refractivity contribution in [1.82, 2.24) is 10.3 Å². The van der Waals surface area contributed by atoms with Crippen LogP contribution in [0.2, 0.25) is 0 Å². The van der Waals surface area contributed by atoms with Crippen molar-refractivity contribution in [3.63, 3.8) is 0 Å². The second-order valence-electron chi connectivity index (χ2n) is 7.82. The molecule has 0 saturated heterocycles. The highest BCUT2D eigenvalue weighted by molar-refractivity contribution is 6.40. The van der Waals surface area contributed by atoms with Crippen LogP contribution >= 0.6 is 0 Å². The smallest absolute Gasteiger partial charge is 0.331 e. The van der Waals surface area contributed by atoms with E-state index >= 15 is 0 Å². The molecule has 0 spiro atoms. The molecule has 9 heteroatoms. The van der Waals surface area contributed by atoms with Gasteiger partial charge in [-0.05, 0) is 46.8 Å². The number of hydrogen-bond donors (Lipinski definition) is 2. The molecule has 0 atom stereocenters. The van der Waals surface area contributed by atoms with Gasteiger partial charge in [-0.1, -0.05) is 0 Å².